The van der Waals surface area contributed by atoms with Crippen LogP contribution in [-0.4, -0.2) is 60.5 Å². The Bertz CT molecular complexity index is 804. The number of piperazine rings is 1. The van der Waals surface area contributed by atoms with E-state index in [1.807, 2.05) is 19.2 Å². The van der Waals surface area contributed by atoms with Gasteiger partial charge in [-0.3, -0.25) is 14.9 Å². The van der Waals surface area contributed by atoms with E-state index >= 15 is 0 Å². The van der Waals surface area contributed by atoms with E-state index in [-0.39, 0.29) is 6.04 Å². The minimum Gasteiger partial charge on any atom is -0.356 e. The number of hydrogen-bond acceptors (Lipinski definition) is 3. The second-order valence-corrected chi connectivity index (χ2v) is 7.20. The minimum absolute atomic E-state index is 0.0432. The zero-order valence-corrected chi connectivity index (χ0v) is 17.1. The number of halogens is 2. The molecule has 5 nitrogen and oxygen atoms in total. The van der Waals surface area contributed by atoms with Gasteiger partial charge in [0.2, 0.25) is 0 Å². The molecule has 1 aromatic carbocycles. The van der Waals surface area contributed by atoms with Gasteiger partial charge in [0.25, 0.3) is 0 Å². The fourth-order valence-electron chi connectivity index (χ4n) is 3.89. The summed E-state index contributed by atoms with van der Waals surface area (Å²) in [5.74, 6) is -0.117. The van der Waals surface area contributed by atoms with Crippen LogP contribution in [0.1, 0.15) is 30.5 Å². The van der Waals surface area contributed by atoms with Crippen molar-refractivity contribution >= 4 is 5.96 Å². The highest BCUT2D eigenvalue weighted by molar-refractivity contribution is 5.80. The fraction of sp³-hybridized carbons (Fsp3) is 0.455. The van der Waals surface area contributed by atoms with Gasteiger partial charge >= 0.3 is 0 Å². The van der Waals surface area contributed by atoms with E-state index in [0.717, 1.165) is 57.6 Å². The van der Waals surface area contributed by atoms with Gasteiger partial charge in [0, 0.05) is 69.8 Å². The van der Waals surface area contributed by atoms with Crippen molar-refractivity contribution in [2.24, 2.45) is 4.99 Å². The van der Waals surface area contributed by atoms with E-state index in [1.165, 1.54) is 11.6 Å². The molecule has 0 bridgehead atoms. The topological polar surface area (TPSA) is 43.8 Å². The second-order valence-electron chi connectivity index (χ2n) is 7.20. The van der Waals surface area contributed by atoms with Gasteiger partial charge in [-0.15, -0.1) is 0 Å². The lowest BCUT2D eigenvalue weighted by Crippen LogP contribution is -2.53. The molecule has 1 aliphatic rings. The highest BCUT2D eigenvalue weighted by Crippen LogP contribution is 2.28. The fourth-order valence-corrected chi connectivity index (χ4v) is 3.89. The molecule has 1 aromatic heterocycles. The molecule has 2 aromatic rings. The van der Waals surface area contributed by atoms with Crippen LogP contribution in [0.2, 0.25) is 0 Å². The molecule has 0 spiro atoms. The molecular formula is C22H29F2N5. The Hall–Kier alpha value is -2.54. The van der Waals surface area contributed by atoms with Gasteiger partial charge in [-0.2, -0.15) is 0 Å². The van der Waals surface area contributed by atoms with Crippen molar-refractivity contribution in [3.05, 3.63) is 65.5 Å². The Kier molecular flexibility index (Phi) is 7.52. The lowest BCUT2D eigenvalue weighted by atomic mass is 10.0. The normalized spacial score (nSPS) is 16.7. The maximum atomic E-state index is 14.3. The predicted octanol–water partition coefficient (Wildman–Crippen LogP) is 3.25. The Morgan fingerprint density at radius 2 is 2.00 bits per heavy atom. The van der Waals surface area contributed by atoms with Gasteiger partial charge in [0.1, 0.15) is 11.6 Å². The third kappa shape index (κ3) is 5.50. The number of pyridine rings is 1. The summed E-state index contributed by atoms with van der Waals surface area (Å²) >= 11 is 0. The molecular weight excluding hydrogens is 372 g/mol. The maximum Gasteiger partial charge on any atom is 0.193 e. The zero-order valence-electron chi connectivity index (χ0n) is 17.1. The molecule has 7 heteroatoms. The van der Waals surface area contributed by atoms with Crippen LogP contribution < -0.4 is 5.32 Å². The first-order chi connectivity index (χ1) is 14.1. The number of nitrogens with one attached hydrogen (secondary N) is 1. The predicted molar refractivity (Wildman–Crippen MR) is 112 cm³/mol. The minimum atomic E-state index is -0.535. The van der Waals surface area contributed by atoms with Crippen LogP contribution in [0.3, 0.4) is 0 Å². The zero-order chi connectivity index (χ0) is 20.6. The van der Waals surface area contributed by atoms with Crippen molar-refractivity contribution in [1.29, 1.82) is 0 Å². The number of aliphatic imine (C=N–C) groups is 1. The summed E-state index contributed by atoms with van der Waals surface area (Å²) in [4.78, 5) is 13.1. The number of benzene rings is 1. The second kappa shape index (κ2) is 10.3. The molecule has 1 N–H and O–H groups in total. The first-order valence-corrected chi connectivity index (χ1v) is 10.2. The summed E-state index contributed by atoms with van der Waals surface area (Å²) in [7, 11) is 1.79. The molecule has 1 saturated heterocycles. The highest BCUT2D eigenvalue weighted by Gasteiger charge is 2.27. The number of rotatable bonds is 6. The van der Waals surface area contributed by atoms with E-state index in [0.29, 0.717) is 5.56 Å². The van der Waals surface area contributed by atoms with Crippen LogP contribution in [0.25, 0.3) is 0 Å². The number of aromatic nitrogens is 1. The molecule has 1 atom stereocenters. The summed E-state index contributed by atoms with van der Waals surface area (Å²) in [5.41, 5.74) is 1.76. The van der Waals surface area contributed by atoms with Crippen molar-refractivity contribution in [1.82, 2.24) is 20.1 Å². The van der Waals surface area contributed by atoms with Gasteiger partial charge in [-0.05, 0) is 30.5 Å². The van der Waals surface area contributed by atoms with Crippen molar-refractivity contribution in [3.8, 4) is 0 Å². The molecule has 2 heterocycles. The van der Waals surface area contributed by atoms with E-state index in [1.54, 1.807) is 19.3 Å². The van der Waals surface area contributed by atoms with Gasteiger partial charge in [-0.25, -0.2) is 8.78 Å². The summed E-state index contributed by atoms with van der Waals surface area (Å²) < 4.78 is 27.5. The lowest BCUT2D eigenvalue weighted by Gasteiger charge is -2.40. The molecule has 0 aliphatic carbocycles. The van der Waals surface area contributed by atoms with E-state index in [9.17, 15) is 8.78 Å². The Labute approximate surface area is 171 Å². The van der Waals surface area contributed by atoms with E-state index in [2.05, 4.69) is 31.2 Å². The van der Waals surface area contributed by atoms with Crippen LogP contribution in [-0.2, 0) is 6.42 Å². The summed E-state index contributed by atoms with van der Waals surface area (Å²) in [6, 6.07) is 7.85. The van der Waals surface area contributed by atoms with Crippen molar-refractivity contribution in [3.63, 3.8) is 0 Å². The lowest BCUT2D eigenvalue weighted by molar-refractivity contribution is 0.124. The Balaban J connectivity index is 1.54. The molecule has 1 unspecified atom stereocenters. The molecule has 0 amide bonds. The average Bonchev–Trinajstić information content (AvgIpc) is 2.74. The quantitative estimate of drug-likeness (QED) is 0.596. The first-order valence-electron chi connectivity index (χ1n) is 10.2. The van der Waals surface area contributed by atoms with Crippen LogP contribution in [0.15, 0.2) is 47.7 Å². The Morgan fingerprint density at radius 3 is 2.62 bits per heavy atom. The van der Waals surface area contributed by atoms with Crippen molar-refractivity contribution in [2.75, 3.05) is 39.8 Å². The largest absolute Gasteiger partial charge is 0.356 e. The third-order valence-corrected chi connectivity index (χ3v) is 5.39. The summed E-state index contributed by atoms with van der Waals surface area (Å²) in [6.07, 6.45) is 5.31. The van der Waals surface area contributed by atoms with Crippen LogP contribution in [0.5, 0.6) is 0 Å². The smallest absolute Gasteiger partial charge is 0.193 e. The van der Waals surface area contributed by atoms with E-state index in [4.69, 9.17) is 0 Å². The third-order valence-electron chi connectivity index (χ3n) is 5.39. The molecule has 1 fully saturated rings. The van der Waals surface area contributed by atoms with Gasteiger partial charge < -0.3 is 10.2 Å². The van der Waals surface area contributed by atoms with Gasteiger partial charge in [-0.1, -0.05) is 19.1 Å². The standard InChI is InChI=1S/C22H29F2N5/c1-3-21(19-7-6-18(23)15-20(19)24)28-11-13-29(14-12-28)22(25-2)27-10-8-17-5-4-9-26-16-17/h4-7,9,15-16,21H,3,8,10-14H2,1-2H3,(H,25,27). The molecule has 29 heavy (non-hydrogen) atoms. The number of hydrogen-bond donors (Lipinski definition) is 1. The molecule has 0 saturated carbocycles. The highest BCUT2D eigenvalue weighted by atomic mass is 19.1. The average molecular weight is 402 g/mol. The van der Waals surface area contributed by atoms with E-state index < -0.39 is 11.6 Å². The SMILES string of the molecule is CCC(c1ccc(F)cc1F)N1CCN(C(=NC)NCCc2cccnc2)CC1. The van der Waals surface area contributed by atoms with Gasteiger partial charge in [0.05, 0.1) is 0 Å². The molecule has 156 valence electrons. The molecule has 1 aliphatic heterocycles. The van der Waals surface area contributed by atoms with Crippen LogP contribution in [0.4, 0.5) is 8.78 Å². The van der Waals surface area contributed by atoms with Crippen molar-refractivity contribution < 1.29 is 8.78 Å². The Morgan fingerprint density at radius 1 is 1.21 bits per heavy atom. The van der Waals surface area contributed by atoms with Gasteiger partial charge in [0.15, 0.2) is 5.96 Å². The maximum absolute atomic E-state index is 14.3. The summed E-state index contributed by atoms with van der Waals surface area (Å²) in [6.45, 7) is 6.06. The first kappa shape index (κ1) is 21.2. The monoisotopic (exact) mass is 401 g/mol. The van der Waals surface area contributed by atoms with Crippen LogP contribution in [0, 0.1) is 11.6 Å². The molecule has 3 rings (SSSR count). The van der Waals surface area contributed by atoms with Crippen molar-refractivity contribution in [2.45, 2.75) is 25.8 Å². The summed E-state index contributed by atoms with van der Waals surface area (Å²) in [5, 5.41) is 3.42. The number of guanidine groups is 1. The van der Waals surface area contributed by atoms with Crippen LogP contribution >= 0.6 is 0 Å². The molecule has 0 radical (unpaired) electrons. The number of nitrogens with zero attached hydrogens (tertiary/aromatic N) is 4.